The molecule has 1 amide bonds. The van der Waals surface area contributed by atoms with Crippen molar-refractivity contribution in [1.29, 1.82) is 0 Å². The molecule has 2 aliphatic rings. The standard InChI is InChI=1S/C14H21NO5/c1-5-8-9-10(6(2)16)14(4,19)12(20-7(3)17)11(9)15-13(8)18/h5-6,9-12,16,19H,1-4H3,(H,15,18)/b8-5+/t6?,9-,10+,11+,12+,14-/m1/s1. The summed E-state index contributed by atoms with van der Waals surface area (Å²) in [7, 11) is 0. The quantitative estimate of drug-likeness (QED) is 0.479. The van der Waals surface area contributed by atoms with Crippen LogP contribution in [0.25, 0.3) is 0 Å². The third kappa shape index (κ3) is 2.03. The Balaban J connectivity index is 2.47. The van der Waals surface area contributed by atoms with Gasteiger partial charge in [0.1, 0.15) is 5.60 Å². The predicted molar refractivity (Wildman–Crippen MR) is 70.5 cm³/mol. The zero-order valence-corrected chi connectivity index (χ0v) is 12.1. The molecule has 1 saturated carbocycles. The van der Waals surface area contributed by atoms with Crippen LogP contribution in [-0.2, 0) is 14.3 Å². The Hall–Kier alpha value is -1.40. The maximum Gasteiger partial charge on any atom is 0.303 e. The van der Waals surface area contributed by atoms with Gasteiger partial charge >= 0.3 is 5.97 Å². The van der Waals surface area contributed by atoms with Crippen LogP contribution in [0.15, 0.2) is 11.6 Å². The summed E-state index contributed by atoms with van der Waals surface area (Å²) in [4.78, 5) is 23.2. The minimum Gasteiger partial charge on any atom is -0.457 e. The minimum atomic E-state index is -1.41. The number of aliphatic hydroxyl groups excluding tert-OH is 1. The van der Waals surface area contributed by atoms with Gasteiger partial charge in [-0.2, -0.15) is 0 Å². The molecule has 6 atom stereocenters. The molecule has 1 heterocycles. The number of carbonyl (C=O) groups excluding carboxylic acids is 2. The van der Waals surface area contributed by atoms with Crippen molar-refractivity contribution in [1.82, 2.24) is 5.32 Å². The first-order valence-corrected chi connectivity index (χ1v) is 6.76. The molecule has 0 bridgehead atoms. The predicted octanol–water partition coefficient (Wildman–Crippen LogP) is -0.259. The second kappa shape index (κ2) is 4.86. The van der Waals surface area contributed by atoms with E-state index in [0.717, 1.165) is 0 Å². The van der Waals surface area contributed by atoms with Gasteiger partial charge in [-0.15, -0.1) is 0 Å². The third-order valence-electron chi connectivity index (χ3n) is 4.39. The molecule has 20 heavy (non-hydrogen) atoms. The second-order valence-corrected chi connectivity index (χ2v) is 5.79. The van der Waals surface area contributed by atoms with Crippen molar-refractivity contribution in [3.63, 3.8) is 0 Å². The van der Waals surface area contributed by atoms with Gasteiger partial charge in [0, 0.05) is 24.3 Å². The summed E-state index contributed by atoms with van der Waals surface area (Å²) >= 11 is 0. The molecule has 0 aromatic carbocycles. The molecule has 0 spiro atoms. The zero-order chi connectivity index (χ0) is 15.2. The molecule has 1 aliphatic carbocycles. The van der Waals surface area contributed by atoms with Gasteiger partial charge < -0.3 is 20.3 Å². The van der Waals surface area contributed by atoms with Gasteiger partial charge in [-0.25, -0.2) is 0 Å². The van der Waals surface area contributed by atoms with Crippen molar-refractivity contribution >= 4 is 11.9 Å². The Labute approximate surface area is 117 Å². The highest BCUT2D eigenvalue weighted by atomic mass is 16.6. The summed E-state index contributed by atoms with van der Waals surface area (Å²) in [5.41, 5.74) is -0.882. The molecule has 0 aromatic rings. The van der Waals surface area contributed by atoms with E-state index >= 15 is 0 Å². The van der Waals surface area contributed by atoms with Crippen LogP contribution in [0.4, 0.5) is 0 Å². The molecule has 1 unspecified atom stereocenters. The summed E-state index contributed by atoms with van der Waals surface area (Å²) < 4.78 is 5.22. The number of aliphatic hydroxyl groups is 2. The highest BCUT2D eigenvalue weighted by Crippen LogP contribution is 2.49. The molecular weight excluding hydrogens is 262 g/mol. The van der Waals surface area contributed by atoms with Gasteiger partial charge in [-0.3, -0.25) is 9.59 Å². The molecule has 0 aromatic heterocycles. The van der Waals surface area contributed by atoms with Crippen LogP contribution in [0.1, 0.15) is 27.7 Å². The Morgan fingerprint density at radius 1 is 1.55 bits per heavy atom. The lowest BCUT2D eigenvalue weighted by molar-refractivity contribution is -0.166. The molecular formula is C14H21NO5. The monoisotopic (exact) mass is 283 g/mol. The van der Waals surface area contributed by atoms with E-state index in [-0.39, 0.29) is 11.8 Å². The highest BCUT2D eigenvalue weighted by molar-refractivity contribution is 5.97. The van der Waals surface area contributed by atoms with Crippen molar-refractivity contribution in [3.8, 4) is 0 Å². The van der Waals surface area contributed by atoms with Gasteiger partial charge in [0.05, 0.1) is 12.1 Å². The van der Waals surface area contributed by atoms with Crippen LogP contribution in [0.2, 0.25) is 0 Å². The number of rotatable bonds is 2. The highest BCUT2D eigenvalue weighted by Gasteiger charge is 2.64. The molecule has 1 saturated heterocycles. The largest absolute Gasteiger partial charge is 0.457 e. The molecule has 6 heteroatoms. The smallest absolute Gasteiger partial charge is 0.303 e. The SMILES string of the molecule is C/C=C1/C(=O)N[C@H]2[C@H]1[C@H](C(C)O)[C@@](C)(O)[C@H]2OC(C)=O. The van der Waals surface area contributed by atoms with Crippen LogP contribution in [0.3, 0.4) is 0 Å². The van der Waals surface area contributed by atoms with E-state index in [1.165, 1.54) is 13.8 Å². The van der Waals surface area contributed by atoms with E-state index in [4.69, 9.17) is 4.74 Å². The summed E-state index contributed by atoms with van der Waals surface area (Å²) in [6.45, 7) is 6.11. The van der Waals surface area contributed by atoms with Gasteiger partial charge in [-0.1, -0.05) is 6.08 Å². The Bertz CT molecular complexity index is 468. The molecule has 2 fully saturated rings. The zero-order valence-electron chi connectivity index (χ0n) is 12.1. The van der Waals surface area contributed by atoms with Crippen LogP contribution >= 0.6 is 0 Å². The number of hydrogen-bond acceptors (Lipinski definition) is 5. The summed E-state index contributed by atoms with van der Waals surface area (Å²) in [6.07, 6.45) is -0.0200. The first kappa shape index (κ1) is 15.0. The number of ether oxygens (including phenoxy) is 1. The number of amides is 1. The van der Waals surface area contributed by atoms with E-state index in [2.05, 4.69) is 5.32 Å². The number of fused-ring (bicyclic) bond motifs is 1. The molecule has 1 aliphatic heterocycles. The normalized spacial score (nSPS) is 43.3. The first-order valence-electron chi connectivity index (χ1n) is 6.76. The molecule has 3 N–H and O–H groups in total. The number of esters is 1. The lowest BCUT2D eigenvalue weighted by atomic mass is 9.79. The van der Waals surface area contributed by atoms with Crippen molar-refractivity contribution in [2.75, 3.05) is 0 Å². The summed E-state index contributed by atoms with van der Waals surface area (Å²) in [5, 5.41) is 23.5. The molecule has 0 radical (unpaired) electrons. The Kier molecular flexibility index (Phi) is 3.64. The summed E-state index contributed by atoms with van der Waals surface area (Å²) in [5.74, 6) is -1.71. The van der Waals surface area contributed by atoms with Crippen LogP contribution in [0.5, 0.6) is 0 Å². The van der Waals surface area contributed by atoms with Gasteiger partial charge in [0.2, 0.25) is 5.91 Å². The average molecular weight is 283 g/mol. The van der Waals surface area contributed by atoms with Gasteiger partial charge in [-0.05, 0) is 20.8 Å². The number of allylic oxidation sites excluding steroid dienone is 1. The van der Waals surface area contributed by atoms with Crippen LogP contribution in [0, 0.1) is 11.8 Å². The van der Waals surface area contributed by atoms with Crippen LogP contribution in [-0.4, -0.2) is 45.9 Å². The van der Waals surface area contributed by atoms with E-state index in [0.29, 0.717) is 5.57 Å². The lowest BCUT2D eigenvalue weighted by Gasteiger charge is -2.34. The Morgan fingerprint density at radius 3 is 2.60 bits per heavy atom. The molecule has 112 valence electrons. The van der Waals surface area contributed by atoms with E-state index in [9.17, 15) is 19.8 Å². The molecule has 6 nitrogen and oxygen atoms in total. The van der Waals surface area contributed by atoms with E-state index < -0.39 is 35.7 Å². The summed E-state index contributed by atoms with van der Waals surface area (Å²) in [6, 6.07) is -0.507. The maximum absolute atomic E-state index is 11.9. The topological polar surface area (TPSA) is 95.9 Å². The fourth-order valence-electron chi connectivity index (χ4n) is 3.75. The number of nitrogens with one attached hydrogen (secondary N) is 1. The molecule has 2 rings (SSSR count). The fraction of sp³-hybridized carbons (Fsp3) is 0.714. The van der Waals surface area contributed by atoms with E-state index in [1.807, 2.05) is 0 Å². The lowest BCUT2D eigenvalue weighted by Crippen LogP contribution is -2.51. The van der Waals surface area contributed by atoms with Crippen molar-refractivity contribution in [3.05, 3.63) is 11.6 Å². The minimum absolute atomic E-state index is 0.235. The number of carbonyl (C=O) groups is 2. The van der Waals surface area contributed by atoms with Gasteiger partial charge in [0.25, 0.3) is 0 Å². The van der Waals surface area contributed by atoms with Crippen LogP contribution < -0.4 is 5.32 Å². The number of hydrogen-bond donors (Lipinski definition) is 3. The van der Waals surface area contributed by atoms with E-state index in [1.54, 1.807) is 19.9 Å². The third-order valence-corrected chi connectivity index (χ3v) is 4.39. The van der Waals surface area contributed by atoms with Crippen molar-refractivity contribution in [2.24, 2.45) is 11.8 Å². The fourth-order valence-corrected chi connectivity index (χ4v) is 3.75. The van der Waals surface area contributed by atoms with Crippen molar-refractivity contribution < 1.29 is 24.5 Å². The first-order chi connectivity index (χ1) is 9.21. The second-order valence-electron chi connectivity index (χ2n) is 5.79. The maximum atomic E-state index is 11.9. The van der Waals surface area contributed by atoms with Gasteiger partial charge in [0.15, 0.2) is 6.10 Å². The van der Waals surface area contributed by atoms with Crippen molar-refractivity contribution in [2.45, 2.75) is 51.5 Å². The Morgan fingerprint density at radius 2 is 2.15 bits per heavy atom. The average Bonchev–Trinajstić information content (AvgIpc) is 2.70.